The highest BCUT2D eigenvalue weighted by Crippen LogP contribution is 2.24. The number of nitrogens with one attached hydrogen (secondary N) is 1. The lowest BCUT2D eigenvalue weighted by molar-refractivity contribution is -0.125. The third-order valence-electron chi connectivity index (χ3n) is 3.20. The van der Waals surface area contributed by atoms with E-state index in [0.717, 1.165) is 19.3 Å². The van der Waals surface area contributed by atoms with E-state index in [0.29, 0.717) is 0 Å². The molecule has 0 radical (unpaired) electrons. The molecule has 2 nitrogen and oxygen atoms in total. The van der Waals surface area contributed by atoms with Crippen LogP contribution >= 0.6 is 11.3 Å². The summed E-state index contributed by atoms with van der Waals surface area (Å²) in [4.78, 5) is 13.2. The fourth-order valence-corrected chi connectivity index (χ4v) is 3.17. The van der Waals surface area contributed by atoms with Gasteiger partial charge in [-0.15, -0.1) is 11.3 Å². The van der Waals surface area contributed by atoms with Gasteiger partial charge in [-0.3, -0.25) is 4.79 Å². The lowest BCUT2D eigenvalue weighted by Crippen LogP contribution is -2.37. The molecule has 1 heterocycles. The van der Waals surface area contributed by atoms with Gasteiger partial charge in [-0.1, -0.05) is 18.9 Å². The van der Waals surface area contributed by atoms with Crippen LogP contribution in [0.2, 0.25) is 0 Å². The molecule has 0 spiro atoms. The summed E-state index contributed by atoms with van der Waals surface area (Å²) in [5.74, 6) is 0.548. The fourth-order valence-electron chi connectivity index (χ4n) is 2.33. The maximum absolute atomic E-state index is 11.9. The average Bonchev–Trinajstić information content (AvgIpc) is 2.88. The van der Waals surface area contributed by atoms with Gasteiger partial charge in [0, 0.05) is 23.3 Å². The number of thiophene rings is 1. The second-order valence-electron chi connectivity index (χ2n) is 4.67. The van der Waals surface area contributed by atoms with Gasteiger partial charge in [-0.2, -0.15) is 0 Å². The first-order valence-electron chi connectivity index (χ1n) is 6.08. The Morgan fingerprint density at radius 3 is 2.94 bits per heavy atom. The van der Waals surface area contributed by atoms with Gasteiger partial charge < -0.3 is 5.32 Å². The second kappa shape index (κ2) is 5.48. The van der Waals surface area contributed by atoms with Crippen LogP contribution in [0.4, 0.5) is 0 Å². The summed E-state index contributed by atoms with van der Waals surface area (Å²) in [6.45, 7) is 2.09. The van der Waals surface area contributed by atoms with Crippen LogP contribution in [0.5, 0.6) is 0 Å². The first-order valence-corrected chi connectivity index (χ1v) is 6.96. The van der Waals surface area contributed by atoms with E-state index in [1.54, 1.807) is 11.3 Å². The molecule has 1 N–H and O–H groups in total. The van der Waals surface area contributed by atoms with Crippen LogP contribution in [0.1, 0.15) is 37.5 Å². The average molecular weight is 237 g/mol. The Labute approximate surface area is 101 Å². The normalized spacial score (nSPS) is 18.6. The van der Waals surface area contributed by atoms with E-state index in [2.05, 4.69) is 29.8 Å². The molecular weight excluding hydrogens is 218 g/mol. The molecule has 1 atom stereocenters. The number of amides is 1. The Balaban J connectivity index is 1.78. The molecule has 1 unspecified atom stereocenters. The predicted octanol–water partition coefficient (Wildman–Crippen LogP) is 2.99. The van der Waals surface area contributed by atoms with Crippen LogP contribution < -0.4 is 5.32 Å². The van der Waals surface area contributed by atoms with Crippen LogP contribution in [0.25, 0.3) is 0 Å². The Morgan fingerprint density at radius 2 is 2.31 bits per heavy atom. The third-order valence-corrected chi connectivity index (χ3v) is 4.10. The zero-order valence-electron chi connectivity index (χ0n) is 9.74. The van der Waals surface area contributed by atoms with Gasteiger partial charge in [-0.25, -0.2) is 0 Å². The van der Waals surface area contributed by atoms with E-state index in [4.69, 9.17) is 0 Å². The highest BCUT2D eigenvalue weighted by molar-refractivity contribution is 7.09. The lowest BCUT2D eigenvalue weighted by atomic mass is 10.1. The summed E-state index contributed by atoms with van der Waals surface area (Å²) >= 11 is 1.76. The van der Waals surface area contributed by atoms with Crippen molar-refractivity contribution in [2.45, 2.75) is 45.1 Å². The molecule has 2 rings (SSSR count). The first-order chi connectivity index (χ1) is 7.75. The molecule has 3 heteroatoms. The van der Waals surface area contributed by atoms with Crippen molar-refractivity contribution in [1.82, 2.24) is 5.32 Å². The SMILES string of the molecule is CC(Cc1cccs1)NC(=O)C1CCCC1. The number of rotatable bonds is 4. The summed E-state index contributed by atoms with van der Waals surface area (Å²) in [5.41, 5.74) is 0. The van der Waals surface area contributed by atoms with Gasteiger partial charge in [0.25, 0.3) is 0 Å². The zero-order valence-corrected chi connectivity index (χ0v) is 10.6. The van der Waals surface area contributed by atoms with Crippen molar-refractivity contribution in [3.8, 4) is 0 Å². The van der Waals surface area contributed by atoms with Crippen molar-refractivity contribution < 1.29 is 4.79 Å². The van der Waals surface area contributed by atoms with Gasteiger partial charge in [0.2, 0.25) is 5.91 Å². The van der Waals surface area contributed by atoms with Gasteiger partial charge in [-0.05, 0) is 31.2 Å². The molecule has 0 saturated heterocycles. The minimum Gasteiger partial charge on any atom is -0.353 e. The Kier molecular flexibility index (Phi) is 3.99. The van der Waals surface area contributed by atoms with Crippen LogP contribution in [-0.2, 0) is 11.2 Å². The number of carbonyl (C=O) groups is 1. The monoisotopic (exact) mass is 237 g/mol. The minimum atomic E-state index is 0.256. The standard InChI is InChI=1S/C13H19NOS/c1-10(9-12-7-4-8-16-12)14-13(15)11-5-2-3-6-11/h4,7-8,10-11H,2-3,5-6,9H2,1H3,(H,14,15). The van der Waals surface area contributed by atoms with Crippen molar-refractivity contribution >= 4 is 17.2 Å². The summed E-state index contributed by atoms with van der Waals surface area (Å²) in [5, 5.41) is 5.21. The predicted molar refractivity (Wildman–Crippen MR) is 67.6 cm³/mol. The van der Waals surface area contributed by atoms with Crippen molar-refractivity contribution in [1.29, 1.82) is 0 Å². The summed E-state index contributed by atoms with van der Waals surface area (Å²) in [6.07, 6.45) is 5.56. The Hall–Kier alpha value is -0.830. The highest BCUT2D eigenvalue weighted by Gasteiger charge is 2.23. The van der Waals surface area contributed by atoms with Gasteiger partial charge in [0.05, 0.1) is 0 Å². The second-order valence-corrected chi connectivity index (χ2v) is 5.71. The van der Waals surface area contributed by atoms with E-state index >= 15 is 0 Å². The van der Waals surface area contributed by atoms with Crippen molar-refractivity contribution in [3.05, 3.63) is 22.4 Å². The van der Waals surface area contributed by atoms with Crippen molar-refractivity contribution in [2.75, 3.05) is 0 Å². The largest absolute Gasteiger partial charge is 0.353 e. The number of hydrogen-bond acceptors (Lipinski definition) is 2. The van der Waals surface area contributed by atoms with E-state index < -0.39 is 0 Å². The van der Waals surface area contributed by atoms with E-state index in [1.165, 1.54) is 17.7 Å². The van der Waals surface area contributed by atoms with Crippen LogP contribution in [0, 0.1) is 5.92 Å². The zero-order chi connectivity index (χ0) is 11.4. The molecule has 0 aromatic carbocycles. The number of hydrogen-bond donors (Lipinski definition) is 1. The molecule has 1 aliphatic carbocycles. The molecule has 1 amide bonds. The van der Waals surface area contributed by atoms with E-state index in [-0.39, 0.29) is 17.9 Å². The molecule has 1 fully saturated rings. The molecule has 16 heavy (non-hydrogen) atoms. The van der Waals surface area contributed by atoms with E-state index in [1.807, 2.05) is 0 Å². The van der Waals surface area contributed by atoms with Gasteiger partial charge >= 0.3 is 0 Å². The van der Waals surface area contributed by atoms with Gasteiger partial charge in [0.15, 0.2) is 0 Å². The fraction of sp³-hybridized carbons (Fsp3) is 0.615. The maximum Gasteiger partial charge on any atom is 0.223 e. The van der Waals surface area contributed by atoms with Crippen LogP contribution in [0.15, 0.2) is 17.5 Å². The Morgan fingerprint density at radius 1 is 1.56 bits per heavy atom. The Bertz CT molecular complexity index is 328. The molecule has 1 aliphatic rings. The molecule has 0 bridgehead atoms. The molecule has 1 saturated carbocycles. The summed E-state index contributed by atoms with van der Waals surface area (Å²) in [6, 6.07) is 4.45. The molecule has 1 aromatic rings. The quantitative estimate of drug-likeness (QED) is 0.857. The van der Waals surface area contributed by atoms with Crippen LogP contribution in [0.3, 0.4) is 0 Å². The smallest absolute Gasteiger partial charge is 0.223 e. The third kappa shape index (κ3) is 3.08. The number of carbonyl (C=O) groups excluding carboxylic acids is 1. The summed E-state index contributed by atoms with van der Waals surface area (Å²) < 4.78 is 0. The maximum atomic E-state index is 11.9. The topological polar surface area (TPSA) is 29.1 Å². The summed E-state index contributed by atoms with van der Waals surface area (Å²) in [7, 11) is 0. The lowest BCUT2D eigenvalue weighted by Gasteiger charge is -2.16. The highest BCUT2D eigenvalue weighted by atomic mass is 32.1. The minimum absolute atomic E-state index is 0.256. The van der Waals surface area contributed by atoms with Crippen LogP contribution in [-0.4, -0.2) is 11.9 Å². The first kappa shape index (κ1) is 11.6. The molecular formula is C13H19NOS. The molecule has 1 aromatic heterocycles. The van der Waals surface area contributed by atoms with E-state index in [9.17, 15) is 4.79 Å². The van der Waals surface area contributed by atoms with Crippen molar-refractivity contribution in [2.24, 2.45) is 5.92 Å². The molecule has 0 aliphatic heterocycles. The molecule has 88 valence electrons. The van der Waals surface area contributed by atoms with Crippen molar-refractivity contribution in [3.63, 3.8) is 0 Å². The van der Waals surface area contributed by atoms with Gasteiger partial charge in [0.1, 0.15) is 0 Å².